The minimum atomic E-state index is -3.16. The average molecular weight is 231 g/mol. The molecular formula is C6H15ClN2O3S. The molecule has 0 aromatic rings. The summed E-state index contributed by atoms with van der Waals surface area (Å²) in [6, 6.07) is -0.736. The van der Waals surface area contributed by atoms with E-state index in [-0.39, 0.29) is 18.2 Å². The molecule has 0 radical (unpaired) electrons. The average Bonchev–Trinajstić information content (AvgIpc) is 1.79. The molecule has 7 heteroatoms. The largest absolute Gasteiger partial charge is 0.368 e. The number of hydrogen-bond donors (Lipinski definition) is 1. The Morgan fingerprint density at radius 1 is 1.46 bits per heavy atom. The summed E-state index contributed by atoms with van der Waals surface area (Å²) in [6.45, 7) is 0. The number of nitrogens with two attached hydrogens (primary N) is 1. The van der Waals surface area contributed by atoms with Crippen molar-refractivity contribution in [3.63, 3.8) is 0 Å². The van der Waals surface area contributed by atoms with Crippen LogP contribution < -0.4 is 5.73 Å². The number of carbonyl (C=O) groups is 1. The second-order valence-electron chi connectivity index (χ2n) is 2.97. The molecule has 0 saturated heterocycles. The van der Waals surface area contributed by atoms with Crippen molar-refractivity contribution in [3.05, 3.63) is 0 Å². The van der Waals surface area contributed by atoms with E-state index < -0.39 is 21.8 Å². The molecule has 2 N–H and O–H groups in total. The van der Waals surface area contributed by atoms with Crippen molar-refractivity contribution in [1.82, 2.24) is 4.90 Å². The fraction of sp³-hybridized carbons (Fsp3) is 0.833. The van der Waals surface area contributed by atoms with Crippen molar-refractivity contribution in [2.45, 2.75) is 6.04 Å². The highest BCUT2D eigenvalue weighted by molar-refractivity contribution is 7.90. The number of carbonyl (C=O) groups excluding carboxylic acids is 1. The van der Waals surface area contributed by atoms with Gasteiger partial charge in [0.25, 0.3) is 0 Å². The van der Waals surface area contributed by atoms with Gasteiger partial charge in [0.15, 0.2) is 0 Å². The van der Waals surface area contributed by atoms with E-state index in [1.165, 1.54) is 4.90 Å². The Morgan fingerprint density at radius 2 is 1.85 bits per heavy atom. The number of halogens is 1. The second kappa shape index (κ2) is 5.41. The van der Waals surface area contributed by atoms with Crippen molar-refractivity contribution in [1.29, 1.82) is 0 Å². The molecule has 0 rings (SSSR count). The molecule has 0 aromatic heterocycles. The minimum absolute atomic E-state index is 0. The topological polar surface area (TPSA) is 80.5 Å². The first kappa shape index (κ1) is 15.2. The van der Waals surface area contributed by atoms with Crippen LogP contribution in [-0.4, -0.2) is 51.4 Å². The van der Waals surface area contributed by atoms with E-state index in [4.69, 9.17) is 5.73 Å². The molecular weight excluding hydrogens is 216 g/mol. The second-order valence-corrected chi connectivity index (χ2v) is 5.16. The van der Waals surface area contributed by atoms with Crippen molar-refractivity contribution in [2.24, 2.45) is 5.73 Å². The molecule has 5 nitrogen and oxygen atoms in total. The number of sulfone groups is 1. The van der Waals surface area contributed by atoms with Gasteiger partial charge in [-0.05, 0) is 14.1 Å². The number of nitrogens with zero attached hydrogens (tertiary/aromatic N) is 1. The molecule has 0 saturated carbocycles. The molecule has 0 heterocycles. The van der Waals surface area contributed by atoms with Crippen molar-refractivity contribution in [3.8, 4) is 0 Å². The van der Waals surface area contributed by atoms with Gasteiger partial charge in [0, 0.05) is 6.26 Å². The first-order valence-electron chi connectivity index (χ1n) is 3.37. The zero-order valence-corrected chi connectivity index (χ0v) is 9.48. The van der Waals surface area contributed by atoms with Crippen LogP contribution in [0.15, 0.2) is 0 Å². The normalized spacial score (nSPS) is 13.5. The summed E-state index contributed by atoms with van der Waals surface area (Å²) in [7, 11) is 0.0675. The summed E-state index contributed by atoms with van der Waals surface area (Å²) in [4.78, 5) is 12.2. The summed E-state index contributed by atoms with van der Waals surface area (Å²) in [5, 5.41) is 0. The Bertz CT molecular complexity index is 263. The zero-order chi connectivity index (χ0) is 9.94. The maximum absolute atomic E-state index is 10.8. The lowest BCUT2D eigenvalue weighted by molar-refractivity contribution is -0.121. The van der Waals surface area contributed by atoms with E-state index in [1.807, 2.05) is 0 Å². The third kappa shape index (κ3) is 6.80. The van der Waals surface area contributed by atoms with Crippen molar-refractivity contribution >= 4 is 28.2 Å². The molecule has 1 atom stereocenters. The highest BCUT2D eigenvalue weighted by Crippen LogP contribution is 1.96. The molecule has 1 amide bonds. The Hall–Kier alpha value is -0.330. The maximum Gasteiger partial charge on any atom is 0.235 e. The van der Waals surface area contributed by atoms with E-state index in [9.17, 15) is 13.2 Å². The van der Waals surface area contributed by atoms with Gasteiger partial charge in [-0.15, -0.1) is 12.4 Å². The van der Waals surface area contributed by atoms with Gasteiger partial charge in [0.1, 0.15) is 15.9 Å². The van der Waals surface area contributed by atoms with E-state index in [0.717, 1.165) is 6.26 Å². The summed E-state index contributed by atoms with van der Waals surface area (Å²) < 4.78 is 21.6. The van der Waals surface area contributed by atoms with Crippen LogP contribution in [0.25, 0.3) is 0 Å². The van der Waals surface area contributed by atoms with Gasteiger partial charge >= 0.3 is 0 Å². The van der Waals surface area contributed by atoms with Gasteiger partial charge in [-0.1, -0.05) is 0 Å². The number of amides is 1. The fourth-order valence-electron chi connectivity index (χ4n) is 0.772. The number of rotatable bonds is 4. The van der Waals surface area contributed by atoms with Crippen molar-refractivity contribution < 1.29 is 13.2 Å². The van der Waals surface area contributed by atoms with E-state index in [1.54, 1.807) is 14.1 Å². The summed E-state index contributed by atoms with van der Waals surface area (Å²) >= 11 is 0. The molecule has 0 aliphatic carbocycles. The lowest BCUT2D eigenvalue weighted by Gasteiger charge is -2.19. The van der Waals surface area contributed by atoms with Gasteiger partial charge in [-0.3, -0.25) is 9.69 Å². The quantitative estimate of drug-likeness (QED) is 0.663. The fourth-order valence-corrected chi connectivity index (χ4v) is 1.81. The number of likely N-dealkylation sites (N-methyl/N-ethyl adjacent to an activating group) is 1. The van der Waals surface area contributed by atoms with Crippen LogP contribution in [0.5, 0.6) is 0 Å². The summed E-state index contributed by atoms with van der Waals surface area (Å²) in [6.07, 6.45) is 1.08. The van der Waals surface area contributed by atoms with Crippen LogP contribution >= 0.6 is 12.4 Å². The van der Waals surface area contributed by atoms with Gasteiger partial charge in [0.05, 0.1) is 5.75 Å². The number of primary amides is 1. The van der Waals surface area contributed by atoms with E-state index >= 15 is 0 Å². The van der Waals surface area contributed by atoms with Gasteiger partial charge < -0.3 is 5.73 Å². The van der Waals surface area contributed by atoms with Crippen LogP contribution in [0.1, 0.15) is 0 Å². The van der Waals surface area contributed by atoms with Crippen LogP contribution in [-0.2, 0) is 14.6 Å². The number of hydrogen-bond acceptors (Lipinski definition) is 4. The van der Waals surface area contributed by atoms with Crippen molar-refractivity contribution in [2.75, 3.05) is 26.1 Å². The molecule has 0 aliphatic rings. The lowest BCUT2D eigenvalue weighted by Crippen LogP contribution is -2.44. The standard InChI is InChI=1S/C6H14N2O3S.ClH/c1-8(2)5(6(7)9)4-12(3,10)11;/h5H,4H2,1-3H3,(H2,7,9);1H/t5-;/m0./s1. The summed E-state index contributed by atoms with van der Waals surface area (Å²) in [5.74, 6) is -0.847. The maximum atomic E-state index is 10.8. The third-order valence-corrected chi connectivity index (χ3v) is 2.33. The summed E-state index contributed by atoms with van der Waals surface area (Å²) in [5.41, 5.74) is 5.00. The Morgan fingerprint density at radius 3 is 1.92 bits per heavy atom. The zero-order valence-electron chi connectivity index (χ0n) is 7.85. The first-order chi connectivity index (χ1) is 5.24. The first-order valence-corrected chi connectivity index (χ1v) is 5.43. The molecule has 13 heavy (non-hydrogen) atoms. The predicted octanol–water partition coefficient (Wildman–Crippen LogP) is -1.13. The molecule has 0 aromatic carbocycles. The molecule has 0 fully saturated rings. The predicted molar refractivity (Wildman–Crippen MR) is 53.6 cm³/mol. The van der Waals surface area contributed by atoms with E-state index in [2.05, 4.69) is 0 Å². The highest BCUT2D eigenvalue weighted by Gasteiger charge is 2.22. The van der Waals surface area contributed by atoms with E-state index in [0.29, 0.717) is 0 Å². The monoisotopic (exact) mass is 230 g/mol. The molecule has 0 bridgehead atoms. The third-order valence-electron chi connectivity index (χ3n) is 1.41. The molecule has 0 unspecified atom stereocenters. The van der Waals surface area contributed by atoms with Gasteiger partial charge in [0.2, 0.25) is 5.91 Å². The van der Waals surface area contributed by atoms with Crippen LogP contribution in [0, 0.1) is 0 Å². The van der Waals surface area contributed by atoms with Crippen LogP contribution in [0.2, 0.25) is 0 Å². The Balaban J connectivity index is 0. The van der Waals surface area contributed by atoms with Crippen LogP contribution in [0.4, 0.5) is 0 Å². The SMILES string of the molecule is CN(C)[C@@H](CS(C)(=O)=O)C(N)=O.Cl. The molecule has 80 valence electrons. The lowest BCUT2D eigenvalue weighted by atomic mass is 10.3. The van der Waals surface area contributed by atoms with Gasteiger partial charge in [-0.2, -0.15) is 0 Å². The molecule has 0 aliphatic heterocycles. The highest BCUT2D eigenvalue weighted by atomic mass is 35.5. The van der Waals surface area contributed by atoms with Crippen LogP contribution in [0.3, 0.4) is 0 Å². The minimum Gasteiger partial charge on any atom is -0.368 e. The Labute approximate surface area is 84.6 Å². The Kier molecular flexibility index (Phi) is 6.31. The smallest absolute Gasteiger partial charge is 0.235 e. The van der Waals surface area contributed by atoms with Gasteiger partial charge in [-0.25, -0.2) is 8.42 Å². The molecule has 0 spiro atoms.